The lowest BCUT2D eigenvalue weighted by atomic mass is 10.1. The number of aromatic amines is 1. The fourth-order valence-corrected chi connectivity index (χ4v) is 3.70. The Morgan fingerprint density at radius 1 is 1.11 bits per heavy atom. The molecule has 4 N–H and O–H groups in total. The maximum absolute atomic E-state index is 12.7. The van der Waals surface area contributed by atoms with Crippen molar-refractivity contribution < 1.29 is 19.7 Å². The number of hydrogen-bond donors (Lipinski definition) is 4. The summed E-state index contributed by atoms with van der Waals surface area (Å²) in [5.41, 5.74) is -0.490. The maximum Gasteiger partial charge on any atom is 0.329 e. The highest BCUT2D eigenvalue weighted by Crippen LogP contribution is 2.19. The van der Waals surface area contributed by atoms with E-state index < -0.39 is 29.4 Å². The van der Waals surface area contributed by atoms with E-state index in [9.17, 15) is 24.6 Å². The number of aryl methyl sites for hydroxylation is 1. The van der Waals surface area contributed by atoms with Crippen LogP contribution in [0.15, 0.2) is 70.3 Å². The first-order valence-corrected chi connectivity index (χ1v) is 10.9. The van der Waals surface area contributed by atoms with E-state index in [1.165, 1.54) is 11.6 Å². The molecule has 0 saturated carbocycles. The minimum absolute atomic E-state index is 0.0252. The predicted octanol–water partition coefficient (Wildman–Crippen LogP) is 0.971. The number of H-pyrrole nitrogens is 1. The molecule has 0 amide bonds. The third-order valence-corrected chi connectivity index (χ3v) is 5.47. The molecule has 182 valence electrons. The number of aliphatic hydroxyl groups is 1. The van der Waals surface area contributed by atoms with Crippen LogP contribution in [-0.4, -0.2) is 54.0 Å². The Labute approximate surface area is 199 Å². The molecule has 0 radical (unpaired) electrons. The van der Waals surface area contributed by atoms with Gasteiger partial charge in [-0.15, -0.1) is 0 Å². The molecule has 0 spiro atoms. The summed E-state index contributed by atoms with van der Waals surface area (Å²) in [5, 5.41) is 23.3. The number of benzene rings is 2. The monoisotopic (exact) mass is 479 g/mol. The number of aliphatic hydroxyl groups excluding tert-OH is 1. The Hall–Kier alpha value is -4.38. The number of imidazole rings is 1. The number of para-hydroxylation sites is 1. The summed E-state index contributed by atoms with van der Waals surface area (Å²) in [7, 11) is 1.44. The van der Waals surface area contributed by atoms with Crippen molar-refractivity contribution in [2.75, 3.05) is 11.9 Å². The molecule has 2 aromatic heterocycles. The molecule has 0 unspecified atom stereocenters. The average Bonchev–Trinajstić information content (AvgIpc) is 3.20. The number of ether oxygens (including phenoxy) is 1. The zero-order valence-corrected chi connectivity index (χ0v) is 18.9. The Bertz CT molecular complexity index is 1430. The van der Waals surface area contributed by atoms with Crippen LogP contribution in [0.1, 0.15) is 5.56 Å². The summed E-state index contributed by atoms with van der Waals surface area (Å²) in [5.74, 6) is -0.522. The lowest BCUT2D eigenvalue weighted by molar-refractivity contribution is -0.137. The van der Waals surface area contributed by atoms with Crippen molar-refractivity contribution in [2.24, 2.45) is 7.05 Å². The Morgan fingerprint density at radius 2 is 1.77 bits per heavy atom. The minimum Gasteiger partial charge on any atom is -0.491 e. The third kappa shape index (κ3) is 5.41. The van der Waals surface area contributed by atoms with E-state index in [-0.39, 0.29) is 36.7 Å². The van der Waals surface area contributed by atoms with Crippen LogP contribution in [0.2, 0.25) is 0 Å². The number of carboxylic acids is 1. The third-order valence-electron chi connectivity index (χ3n) is 5.47. The Balaban J connectivity index is 1.67. The van der Waals surface area contributed by atoms with Crippen LogP contribution in [0.4, 0.5) is 5.95 Å². The van der Waals surface area contributed by atoms with Gasteiger partial charge in [-0.05, 0) is 17.7 Å². The number of fused-ring (bicyclic) bond motifs is 1. The van der Waals surface area contributed by atoms with Gasteiger partial charge in [-0.3, -0.25) is 14.3 Å². The SMILES string of the molecule is Cn1c(=O)[nH]c(=O)c2c1nc(N[C@@H](Cc1ccccc1)C(=O)O)n2C[C@@H](O)COc1ccccc1. The molecule has 0 fully saturated rings. The Kier molecular flexibility index (Phi) is 6.97. The van der Waals surface area contributed by atoms with Gasteiger partial charge in [-0.2, -0.15) is 4.98 Å². The maximum atomic E-state index is 12.7. The van der Waals surface area contributed by atoms with E-state index in [0.29, 0.717) is 5.75 Å². The zero-order chi connectivity index (χ0) is 24.9. The van der Waals surface area contributed by atoms with Gasteiger partial charge in [0.05, 0.1) is 6.54 Å². The van der Waals surface area contributed by atoms with Gasteiger partial charge in [-0.25, -0.2) is 9.59 Å². The van der Waals surface area contributed by atoms with Crippen molar-refractivity contribution >= 4 is 23.1 Å². The predicted molar refractivity (Wildman–Crippen MR) is 129 cm³/mol. The smallest absolute Gasteiger partial charge is 0.329 e. The second kappa shape index (κ2) is 10.3. The fourth-order valence-electron chi connectivity index (χ4n) is 3.70. The fraction of sp³-hybridized carbons (Fsp3) is 0.250. The largest absolute Gasteiger partial charge is 0.491 e. The van der Waals surface area contributed by atoms with Crippen LogP contribution in [0.3, 0.4) is 0 Å². The zero-order valence-electron chi connectivity index (χ0n) is 18.9. The minimum atomic E-state index is -1.12. The van der Waals surface area contributed by atoms with Gasteiger partial charge < -0.3 is 24.8 Å². The number of rotatable bonds is 10. The van der Waals surface area contributed by atoms with Crippen molar-refractivity contribution in [2.45, 2.75) is 25.1 Å². The average molecular weight is 479 g/mol. The van der Waals surface area contributed by atoms with Crippen molar-refractivity contribution in [1.82, 2.24) is 19.1 Å². The van der Waals surface area contributed by atoms with E-state index in [2.05, 4.69) is 15.3 Å². The van der Waals surface area contributed by atoms with Gasteiger partial charge in [-0.1, -0.05) is 48.5 Å². The molecule has 11 heteroatoms. The highest BCUT2D eigenvalue weighted by molar-refractivity contribution is 5.79. The van der Waals surface area contributed by atoms with Gasteiger partial charge in [0, 0.05) is 13.5 Å². The van der Waals surface area contributed by atoms with Crippen molar-refractivity contribution in [3.63, 3.8) is 0 Å². The van der Waals surface area contributed by atoms with E-state index >= 15 is 0 Å². The number of nitrogens with zero attached hydrogens (tertiary/aromatic N) is 3. The second-order valence-electron chi connectivity index (χ2n) is 8.04. The van der Waals surface area contributed by atoms with Crippen LogP contribution in [-0.2, 0) is 24.8 Å². The molecule has 4 rings (SSSR count). The van der Waals surface area contributed by atoms with Crippen molar-refractivity contribution in [1.29, 1.82) is 0 Å². The van der Waals surface area contributed by atoms with Gasteiger partial charge in [0.2, 0.25) is 5.95 Å². The first-order chi connectivity index (χ1) is 16.8. The summed E-state index contributed by atoms with van der Waals surface area (Å²) in [4.78, 5) is 43.3. The van der Waals surface area contributed by atoms with Gasteiger partial charge >= 0.3 is 11.7 Å². The number of hydrogen-bond acceptors (Lipinski definition) is 7. The van der Waals surface area contributed by atoms with Gasteiger partial charge in [0.15, 0.2) is 11.2 Å². The molecule has 0 aliphatic heterocycles. The molecule has 0 aliphatic carbocycles. The molecule has 2 heterocycles. The summed E-state index contributed by atoms with van der Waals surface area (Å²) in [6.45, 7) is -0.218. The van der Waals surface area contributed by atoms with Crippen molar-refractivity contribution in [3.8, 4) is 5.75 Å². The summed E-state index contributed by atoms with van der Waals surface area (Å²) >= 11 is 0. The van der Waals surface area contributed by atoms with E-state index in [0.717, 1.165) is 10.1 Å². The molecule has 2 atom stereocenters. The first kappa shape index (κ1) is 23.8. The topological polar surface area (TPSA) is 151 Å². The number of carboxylic acid groups (broad SMARTS) is 1. The number of anilines is 1. The van der Waals surface area contributed by atoms with Crippen LogP contribution in [0.5, 0.6) is 5.75 Å². The van der Waals surface area contributed by atoms with E-state index in [1.807, 2.05) is 24.3 Å². The highest BCUT2D eigenvalue weighted by Gasteiger charge is 2.25. The van der Waals surface area contributed by atoms with Crippen LogP contribution in [0, 0.1) is 0 Å². The number of nitrogens with one attached hydrogen (secondary N) is 2. The van der Waals surface area contributed by atoms with Crippen molar-refractivity contribution in [3.05, 3.63) is 87.1 Å². The Morgan fingerprint density at radius 3 is 2.43 bits per heavy atom. The quantitative estimate of drug-likeness (QED) is 0.263. The normalized spacial score (nSPS) is 12.9. The molecule has 11 nitrogen and oxygen atoms in total. The molecular formula is C24H25N5O6. The van der Waals surface area contributed by atoms with E-state index in [4.69, 9.17) is 4.74 Å². The number of aromatic nitrogens is 4. The van der Waals surface area contributed by atoms with Gasteiger partial charge in [0.1, 0.15) is 24.5 Å². The molecule has 0 bridgehead atoms. The molecule has 0 saturated heterocycles. The first-order valence-electron chi connectivity index (χ1n) is 10.9. The summed E-state index contributed by atoms with van der Waals surface area (Å²) < 4.78 is 8.12. The number of aliphatic carboxylic acids is 1. The number of carbonyl (C=O) groups is 1. The lowest BCUT2D eigenvalue weighted by Gasteiger charge is -2.19. The molecule has 0 aliphatic rings. The molecule has 35 heavy (non-hydrogen) atoms. The summed E-state index contributed by atoms with van der Waals surface area (Å²) in [6.07, 6.45) is -0.920. The van der Waals surface area contributed by atoms with Crippen LogP contribution < -0.4 is 21.3 Å². The lowest BCUT2D eigenvalue weighted by Crippen LogP contribution is -2.34. The molecular weight excluding hydrogens is 454 g/mol. The van der Waals surface area contributed by atoms with Crippen LogP contribution in [0.25, 0.3) is 11.2 Å². The second-order valence-corrected chi connectivity index (χ2v) is 8.04. The highest BCUT2D eigenvalue weighted by atomic mass is 16.5. The standard InChI is InChI=1S/C24H25N5O6/c1-28-20-19(21(31)27-24(28)34)29(13-16(30)14-35-17-10-6-3-7-11-17)23(26-20)25-18(22(32)33)12-15-8-4-2-5-9-15/h2-11,16,18,30H,12-14H2,1H3,(H,25,26)(H,32,33)(H,27,31,34)/t16-,18+/m1/s1. The van der Waals surface area contributed by atoms with Gasteiger partial charge in [0.25, 0.3) is 5.56 Å². The molecule has 2 aromatic carbocycles. The molecule has 4 aromatic rings. The van der Waals surface area contributed by atoms with Crippen LogP contribution >= 0.6 is 0 Å². The van der Waals surface area contributed by atoms with E-state index in [1.54, 1.807) is 36.4 Å². The summed E-state index contributed by atoms with van der Waals surface area (Å²) in [6, 6.07) is 16.9.